The predicted molar refractivity (Wildman–Crippen MR) is 217 cm³/mol. The number of nitrogens with one attached hydrogen (secondary N) is 2. The van der Waals surface area contributed by atoms with Gasteiger partial charge in [-0.05, 0) is 73.9 Å². The molecule has 0 radical (unpaired) electrons. The van der Waals surface area contributed by atoms with Crippen molar-refractivity contribution in [3.63, 3.8) is 0 Å². The molecular weight excluding hydrogens is 828 g/mol. The van der Waals surface area contributed by atoms with Gasteiger partial charge in [-0.3, -0.25) is 32.9 Å². The molecule has 0 aliphatic heterocycles. The number of aryl methyl sites for hydroxylation is 1. The number of rotatable bonds is 13. The number of hydrogen-bond acceptors (Lipinski definition) is 8. The fourth-order valence-electron chi connectivity index (χ4n) is 7.25. The van der Waals surface area contributed by atoms with E-state index in [1.54, 1.807) is 25.3 Å². The van der Waals surface area contributed by atoms with Crippen molar-refractivity contribution < 1.29 is 30.8 Å². The van der Waals surface area contributed by atoms with E-state index in [4.69, 9.17) is 16.6 Å². The van der Waals surface area contributed by atoms with Gasteiger partial charge in [0.1, 0.15) is 30.0 Å². The third-order valence-corrected chi connectivity index (χ3v) is 11.0. The summed E-state index contributed by atoms with van der Waals surface area (Å²) in [4.78, 5) is 34.2. The van der Waals surface area contributed by atoms with Gasteiger partial charge in [0, 0.05) is 50.3 Å². The van der Waals surface area contributed by atoms with E-state index in [0.717, 1.165) is 48.5 Å². The molecule has 0 spiro atoms. The Kier molecular flexibility index (Phi) is 10.3. The third kappa shape index (κ3) is 8.36. The lowest BCUT2D eigenvalue weighted by Crippen LogP contribution is -2.39. The number of sulfonamides is 1. The van der Waals surface area contributed by atoms with E-state index >= 15 is 4.79 Å². The molecule has 1 fully saturated rings. The Morgan fingerprint density at radius 1 is 1.00 bits per heavy atom. The molecule has 20 heteroatoms. The van der Waals surface area contributed by atoms with Crippen molar-refractivity contribution in [3.05, 3.63) is 117 Å². The minimum absolute atomic E-state index is 0.0844. The molecule has 0 unspecified atom stereocenters. The van der Waals surface area contributed by atoms with E-state index in [1.807, 2.05) is 6.07 Å². The van der Waals surface area contributed by atoms with Crippen LogP contribution in [0.15, 0.2) is 77.9 Å². The molecule has 4 heterocycles. The van der Waals surface area contributed by atoms with Crippen molar-refractivity contribution in [2.75, 3.05) is 11.0 Å². The lowest BCUT2D eigenvalue weighted by Gasteiger charge is -2.25. The molecule has 1 saturated carbocycles. The molecule has 2 atom stereocenters. The van der Waals surface area contributed by atoms with Gasteiger partial charge in [0.25, 0.3) is 11.5 Å². The molecule has 8 rings (SSSR count). The number of alkyl halides is 2. The van der Waals surface area contributed by atoms with E-state index < -0.39 is 57.7 Å². The number of amides is 1. The second-order valence-electron chi connectivity index (χ2n) is 15.2. The quantitative estimate of drug-likeness (QED) is 0.119. The molecule has 4 aromatic heterocycles. The number of carbonyl (C=O) groups is 1. The van der Waals surface area contributed by atoms with Gasteiger partial charge in [0.05, 0.1) is 56.2 Å². The van der Waals surface area contributed by atoms with Gasteiger partial charge >= 0.3 is 0 Å². The number of halogens is 5. The van der Waals surface area contributed by atoms with Crippen LogP contribution in [0.3, 0.4) is 0 Å². The monoisotopic (exact) mass is 864 g/mol. The molecule has 1 aliphatic carbocycles. The second-order valence-corrected chi connectivity index (χ2v) is 17.3. The van der Waals surface area contributed by atoms with Crippen molar-refractivity contribution in [2.24, 2.45) is 7.05 Å². The Bertz CT molecular complexity index is 2990. The minimum atomic E-state index is -3.85. The first-order valence-electron chi connectivity index (χ1n) is 18.7. The van der Waals surface area contributed by atoms with Crippen LogP contribution < -0.4 is 15.6 Å². The summed E-state index contributed by atoms with van der Waals surface area (Å²) in [5, 5.41) is 16.5. The van der Waals surface area contributed by atoms with Gasteiger partial charge < -0.3 is 5.32 Å². The number of fused-ring (bicyclic) bond motifs is 2. The largest absolute Gasteiger partial charge is 0.344 e. The molecule has 14 nitrogen and oxygen atoms in total. The summed E-state index contributed by atoms with van der Waals surface area (Å²) in [6.45, 7) is 1.74. The van der Waals surface area contributed by atoms with Crippen LogP contribution in [-0.4, -0.2) is 65.4 Å². The highest BCUT2D eigenvalue weighted by molar-refractivity contribution is 7.92. The maximum atomic E-state index is 15.0. The van der Waals surface area contributed by atoms with Crippen LogP contribution in [0.5, 0.6) is 0 Å². The normalized spacial score (nSPS) is 14.5. The van der Waals surface area contributed by atoms with E-state index in [2.05, 4.69) is 25.3 Å². The molecular formula is C40H37ClF4N10O4S. The smallest absolute Gasteiger partial charge is 0.266 e. The fourth-order valence-corrected chi connectivity index (χ4v) is 7.99. The van der Waals surface area contributed by atoms with Crippen molar-refractivity contribution in [2.45, 2.75) is 63.6 Å². The van der Waals surface area contributed by atoms with Crippen LogP contribution >= 0.6 is 11.6 Å². The number of nitrogens with zero attached hydrogens (tertiary/aromatic N) is 8. The predicted octanol–water partition coefficient (Wildman–Crippen LogP) is 6.83. The van der Waals surface area contributed by atoms with Crippen molar-refractivity contribution in [3.8, 4) is 16.9 Å². The molecule has 2 N–H and O–H groups in total. The average Bonchev–Trinajstić information content (AvgIpc) is 3.54. The molecule has 3 aromatic carbocycles. The summed E-state index contributed by atoms with van der Waals surface area (Å²) < 4.78 is 89.4. The topological polar surface area (TPSA) is 164 Å². The Balaban J connectivity index is 1.35. The van der Waals surface area contributed by atoms with Gasteiger partial charge in [-0.2, -0.15) is 15.3 Å². The van der Waals surface area contributed by atoms with Crippen molar-refractivity contribution in [1.82, 2.24) is 44.2 Å². The highest BCUT2D eigenvalue weighted by atomic mass is 35.5. The Morgan fingerprint density at radius 3 is 2.42 bits per heavy atom. The molecule has 7 aromatic rings. The minimum Gasteiger partial charge on any atom is -0.344 e. The first-order valence-corrected chi connectivity index (χ1v) is 21.0. The lowest BCUT2D eigenvalue weighted by atomic mass is 10.0. The standard InChI is InChI=1S/C40H37ClF4N10O4S/c1-21(54-14-12-29(49-54)23-5-6-23)38(56)47-32(17-22-15-25(42)19-26(43)16-22)37-46-31-18-24(30-11-13-53(48-30)20-40(2,44)45)7-8-27(31)39(57)55(37)33-10-9-28(41)34-35(33)52(3)50-36(34)51-60(4,58)59/h7-16,18-19,21,23,32H,5-6,17,20H2,1-4H3,(H,47,56)(H,50,51)/t21-,32+/m1/s1. The maximum absolute atomic E-state index is 15.0. The van der Waals surface area contributed by atoms with Crippen LogP contribution in [0.2, 0.25) is 5.02 Å². The van der Waals surface area contributed by atoms with Gasteiger partial charge in [-0.25, -0.2) is 31.0 Å². The highest BCUT2D eigenvalue weighted by Crippen LogP contribution is 2.39. The summed E-state index contributed by atoms with van der Waals surface area (Å²) in [6, 6.07) is 11.7. The lowest BCUT2D eigenvalue weighted by molar-refractivity contribution is -0.125. The van der Waals surface area contributed by atoms with E-state index in [0.29, 0.717) is 23.2 Å². The van der Waals surface area contributed by atoms with Crippen LogP contribution in [0.25, 0.3) is 38.8 Å². The van der Waals surface area contributed by atoms with E-state index in [9.17, 15) is 30.8 Å². The molecule has 60 heavy (non-hydrogen) atoms. The summed E-state index contributed by atoms with van der Waals surface area (Å²) in [7, 11) is -2.34. The van der Waals surface area contributed by atoms with Gasteiger partial charge in [-0.1, -0.05) is 17.7 Å². The molecule has 0 saturated heterocycles. The second kappa shape index (κ2) is 15.2. The number of carbonyl (C=O) groups excluding carboxylic acids is 1. The molecule has 0 bridgehead atoms. The number of aromatic nitrogens is 8. The Morgan fingerprint density at radius 2 is 1.73 bits per heavy atom. The zero-order chi connectivity index (χ0) is 42.8. The van der Waals surface area contributed by atoms with Crippen molar-refractivity contribution >= 4 is 55.2 Å². The number of anilines is 1. The SMILES string of the molecule is C[C@H](C(=O)N[C@@H](Cc1cc(F)cc(F)c1)c1nc2cc(-c3ccn(CC(C)(F)F)n3)ccc2c(=O)n1-c1ccc(Cl)c2c(NS(C)(=O)=O)nn(C)c12)n1ccc(C2CC2)n1. The summed E-state index contributed by atoms with van der Waals surface area (Å²) in [5.74, 6) is -5.23. The first-order chi connectivity index (χ1) is 28.3. The van der Waals surface area contributed by atoms with Crippen molar-refractivity contribution in [1.29, 1.82) is 0 Å². The molecule has 1 amide bonds. The Hall–Kier alpha value is -6.08. The van der Waals surface area contributed by atoms with Gasteiger partial charge in [-0.15, -0.1) is 0 Å². The third-order valence-electron chi connectivity index (χ3n) is 10.1. The Labute approximate surface area is 344 Å². The van der Waals surface area contributed by atoms with Crippen LogP contribution in [-0.2, 0) is 34.8 Å². The van der Waals surface area contributed by atoms with E-state index in [-0.39, 0.29) is 56.1 Å². The van der Waals surface area contributed by atoms with Gasteiger partial charge in [0.15, 0.2) is 5.82 Å². The highest BCUT2D eigenvalue weighted by Gasteiger charge is 2.31. The zero-order valence-electron chi connectivity index (χ0n) is 32.5. The number of benzene rings is 3. The summed E-state index contributed by atoms with van der Waals surface area (Å²) >= 11 is 6.66. The first kappa shape index (κ1) is 40.7. The zero-order valence-corrected chi connectivity index (χ0v) is 34.1. The van der Waals surface area contributed by atoms with E-state index in [1.165, 1.54) is 51.4 Å². The summed E-state index contributed by atoms with van der Waals surface area (Å²) in [6.07, 6.45) is 5.76. The van der Waals surface area contributed by atoms with Crippen LogP contribution in [0.4, 0.5) is 23.4 Å². The van der Waals surface area contributed by atoms with Crippen LogP contribution in [0, 0.1) is 11.6 Å². The maximum Gasteiger partial charge on any atom is 0.266 e. The summed E-state index contributed by atoms with van der Waals surface area (Å²) in [5.41, 5.74) is 1.51. The van der Waals surface area contributed by atoms with Gasteiger partial charge in [0.2, 0.25) is 15.9 Å². The number of hydrogen-bond donors (Lipinski definition) is 2. The average molecular weight is 865 g/mol. The van der Waals surface area contributed by atoms with Crippen LogP contribution in [0.1, 0.15) is 61.8 Å². The molecule has 312 valence electrons. The fraction of sp³-hybridized carbons (Fsp3) is 0.300. The molecule has 1 aliphatic rings.